The van der Waals surface area contributed by atoms with Crippen molar-refractivity contribution in [2.75, 3.05) is 38.1 Å². The lowest BCUT2D eigenvalue weighted by Gasteiger charge is -2.23. The van der Waals surface area contributed by atoms with Crippen molar-refractivity contribution >= 4 is 5.82 Å². The van der Waals surface area contributed by atoms with Crippen LogP contribution < -0.4 is 10.2 Å². The van der Waals surface area contributed by atoms with Crippen molar-refractivity contribution in [1.29, 1.82) is 0 Å². The zero-order valence-corrected chi connectivity index (χ0v) is 13.4. The summed E-state index contributed by atoms with van der Waals surface area (Å²) in [7, 11) is 2.15. The van der Waals surface area contributed by atoms with Gasteiger partial charge in [0.1, 0.15) is 5.82 Å². The second kappa shape index (κ2) is 6.75. The van der Waals surface area contributed by atoms with Gasteiger partial charge in [-0.15, -0.1) is 0 Å². The van der Waals surface area contributed by atoms with Gasteiger partial charge >= 0.3 is 0 Å². The monoisotopic (exact) mass is 288 g/mol. The maximum absolute atomic E-state index is 4.78. The molecule has 116 valence electrons. The molecule has 0 atom stereocenters. The molecule has 1 aromatic rings. The maximum atomic E-state index is 4.78. The fourth-order valence-corrected chi connectivity index (χ4v) is 2.93. The maximum Gasteiger partial charge on any atom is 0.128 e. The quantitative estimate of drug-likeness (QED) is 0.833. The number of nitrogens with zero attached hydrogens (tertiary/aromatic N) is 3. The van der Waals surface area contributed by atoms with Crippen LogP contribution in [0.1, 0.15) is 36.9 Å². The molecule has 4 nitrogen and oxygen atoms in total. The minimum Gasteiger partial charge on any atom is -0.358 e. The highest BCUT2D eigenvalue weighted by atomic mass is 15.2. The molecule has 1 saturated carbocycles. The van der Waals surface area contributed by atoms with Gasteiger partial charge in [-0.3, -0.25) is 0 Å². The predicted molar refractivity (Wildman–Crippen MR) is 87.8 cm³/mol. The number of hydrogen-bond donors (Lipinski definition) is 1. The molecule has 2 heterocycles. The Balaban J connectivity index is 1.52. The van der Waals surface area contributed by atoms with E-state index in [1.807, 2.05) is 0 Å². The first-order chi connectivity index (χ1) is 10.2. The van der Waals surface area contributed by atoms with E-state index in [0.717, 1.165) is 37.2 Å². The Bertz CT molecular complexity index is 464. The lowest BCUT2D eigenvalue weighted by atomic mass is 10.2. The number of nitrogens with one attached hydrogen (secondary N) is 1. The molecular formula is C17H28N4. The van der Waals surface area contributed by atoms with Crippen LogP contribution in [0.15, 0.2) is 12.1 Å². The van der Waals surface area contributed by atoms with E-state index >= 15 is 0 Å². The molecule has 1 N–H and O–H groups in total. The minimum absolute atomic E-state index is 0.757. The van der Waals surface area contributed by atoms with Crippen molar-refractivity contribution in [2.24, 2.45) is 0 Å². The molecule has 1 aliphatic carbocycles. The van der Waals surface area contributed by atoms with E-state index < -0.39 is 0 Å². The summed E-state index contributed by atoms with van der Waals surface area (Å²) in [5, 5.41) is 3.56. The summed E-state index contributed by atoms with van der Waals surface area (Å²) in [4.78, 5) is 9.62. The van der Waals surface area contributed by atoms with Gasteiger partial charge < -0.3 is 15.1 Å². The van der Waals surface area contributed by atoms with E-state index in [9.17, 15) is 0 Å². The van der Waals surface area contributed by atoms with Crippen LogP contribution in [0.25, 0.3) is 0 Å². The van der Waals surface area contributed by atoms with Gasteiger partial charge in [-0.25, -0.2) is 4.98 Å². The average Bonchev–Trinajstić information content (AvgIpc) is 3.17. The second-order valence-corrected chi connectivity index (χ2v) is 6.54. The number of anilines is 1. The van der Waals surface area contributed by atoms with Gasteiger partial charge in [0.2, 0.25) is 0 Å². The zero-order chi connectivity index (χ0) is 14.7. The van der Waals surface area contributed by atoms with Crippen LogP contribution in [-0.2, 0) is 6.54 Å². The Morgan fingerprint density at radius 3 is 2.71 bits per heavy atom. The Morgan fingerprint density at radius 2 is 2.05 bits per heavy atom. The fraction of sp³-hybridized carbons (Fsp3) is 0.706. The van der Waals surface area contributed by atoms with Gasteiger partial charge in [0.15, 0.2) is 0 Å². The van der Waals surface area contributed by atoms with Crippen LogP contribution in [0.2, 0.25) is 0 Å². The molecular weight excluding hydrogens is 260 g/mol. The van der Waals surface area contributed by atoms with Gasteiger partial charge in [0, 0.05) is 38.4 Å². The first-order valence-corrected chi connectivity index (χ1v) is 8.36. The molecule has 1 aromatic heterocycles. The molecule has 2 fully saturated rings. The summed E-state index contributed by atoms with van der Waals surface area (Å²) in [6, 6.07) is 5.16. The van der Waals surface area contributed by atoms with E-state index in [1.165, 1.54) is 44.3 Å². The summed E-state index contributed by atoms with van der Waals surface area (Å²) in [5.41, 5.74) is 2.49. The van der Waals surface area contributed by atoms with Gasteiger partial charge in [-0.1, -0.05) is 6.07 Å². The number of hydrogen-bond acceptors (Lipinski definition) is 4. The Hall–Kier alpha value is -1.13. The van der Waals surface area contributed by atoms with E-state index in [1.54, 1.807) is 0 Å². The molecule has 0 amide bonds. The van der Waals surface area contributed by atoms with Crippen LogP contribution in [0.5, 0.6) is 0 Å². The van der Waals surface area contributed by atoms with E-state index in [2.05, 4.69) is 41.2 Å². The molecule has 0 unspecified atom stereocenters. The third-order valence-electron chi connectivity index (χ3n) is 4.68. The Morgan fingerprint density at radius 1 is 1.29 bits per heavy atom. The highest BCUT2D eigenvalue weighted by Gasteiger charge is 2.20. The molecule has 21 heavy (non-hydrogen) atoms. The van der Waals surface area contributed by atoms with Crippen LogP contribution in [0, 0.1) is 6.92 Å². The van der Waals surface area contributed by atoms with Gasteiger partial charge in [-0.2, -0.15) is 0 Å². The molecule has 4 heteroatoms. The van der Waals surface area contributed by atoms with Crippen LogP contribution in [0.3, 0.4) is 0 Å². The summed E-state index contributed by atoms with van der Waals surface area (Å²) in [6.45, 7) is 7.84. The molecule has 0 radical (unpaired) electrons. The number of likely N-dealkylation sites (tertiary alicyclic amines) is 1. The van der Waals surface area contributed by atoms with Crippen LogP contribution >= 0.6 is 0 Å². The first-order valence-electron chi connectivity index (χ1n) is 8.36. The Labute approximate surface area is 128 Å². The van der Waals surface area contributed by atoms with Crippen molar-refractivity contribution < 1.29 is 0 Å². The highest BCUT2D eigenvalue weighted by molar-refractivity contribution is 5.40. The van der Waals surface area contributed by atoms with E-state index in [-0.39, 0.29) is 0 Å². The normalized spacial score (nSPS) is 19.1. The summed E-state index contributed by atoms with van der Waals surface area (Å²) >= 11 is 0. The SMILES string of the molecule is Cc1nc(N(C)CCN2CCCC2)ccc1CNC1CC1. The van der Waals surface area contributed by atoms with Crippen molar-refractivity contribution in [2.45, 2.75) is 45.2 Å². The molecule has 3 rings (SSSR count). The fourth-order valence-electron chi connectivity index (χ4n) is 2.93. The van der Waals surface area contributed by atoms with Gasteiger partial charge in [-0.05, 0) is 57.3 Å². The van der Waals surface area contributed by atoms with Gasteiger partial charge in [0.25, 0.3) is 0 Å². The average molecular weight is 288 g/mol. The van der Waals surface area contributed by atoms with Crippen molar-refractivity contribution in [3.8, 4) is 0 Å². The number of aromatic nitrogens is 1. The van der Waals surface area contributed by atoms with Crippen molar-refractivity contribution in [3.05, 3.63) is 23.4 Å². The van der Waals surface area contributed by atoms with Crippen molar-refractivity contribution in [1.82, 2.24) is 15.2 Å². The number of aryl methyl sites for hydroxylation is 1. The molecule has 1 saturated heterocycles. The third kappa shape index (κ3) is 4.17. The summed E-state index contributed by atoms with van der Waals surface area (Å²) in [6.07, 6.45) is 5.40. The molecule has 0 spiro atoms. The predicted octanol–water partition coefficient (Wildman–Crippen LogP) is 2.17. The lowest BCUT2D eigenvalue weighted by Crippen LogP contribution is -2.31. The topological polar surface area (TPSA) is 31.4 Å². The van der Waals surface area contributed by atoms with E-state index in [4.69, 9.17) is 4.98 Å². The zero-order valence-electron chi connectivity index (χ0n) is 13.4. The summed E-state index contributed by atoms with van der Waals surface area (Å²) < 4.78 is 0. The molecule has 0 aromatic carbocycles. The number of rotatable bonds is 7. The van der Waals surface area contributed by atoms with Gasteiger partial charge in [0.05, 0.1) is 0 Å². The van der Waals surface area contributed by atoms with E-state index in [0.29, 0.717) is 0 Å². The number of likely N-dealkylation sites (N-methyl/N-ethyl adjacent to an activating group) is 1. The Kier molecular flexibility index (Phi) is 4.76. The van der Waals surface area contributed by atoms with Crippen LogP contribution in [-0.4, -0.2) is 49.2 Å². The lowest BCUT2D eigenvalue weighted by molar-refractivity contribution is 0.346. The first kappa shape index (κ1) is 14.8. The van der Waals surface area contributed by atoms with Crippen molar-refractivity contribution in [3.63, 3.8) is 0 Å². The molecule has 2 aliphatic rings. The smallest absolute Gasteiger partial charge is 0.128 e. The minimum atomic E-state index is 0.757. The second-order valence-electron chi connectivity index (χ2n) is 6.54. The largest absolute Gasteiger partial charge is 0.358 e. The highest BCUT2D eigenvalue weighted by Crippen LogP contribution is 2.20. The standard InChI is InChI=1S/C17H28N4/c1-14-15(13-18-16-6-7-16)5-8-17(19-14)20(2)11-12-21-9-3-4-10-21/h5,8,16,18H,3-4,6-7,9-13H2,1-2H3. The van der Waals surface area contributed by atoms with Crippen LogP contribution in [0.4, 0.5) is 5.82 Å². The molecule has 0 bridgehead atoms. The molecule has 1 aliphatic heterocycles. The third-order valence-corrected chi connectivity index (χ3v) is 4.68. The summed E-state index contributed by atoms with van der Waals surface area (Å²) in [5.74, 6) is 1.10. The number of pyridine rings is 1.